The van der Waals surface area contributed by atoms with Crippen molar-refractivity contribution in [1.82, 2.24) is 0 Å². The molecule has 1 aromatic carbocycles. The molecule has 0 fully saturated rings. The predicted molar refractivity (Wildman–Crippen MR) is 66.7 cm³/mol. The highest BCUT2D eigenvalue weighted by Crippen LogP contribution is 2.41. The number of hydrogen-bond donors (Lipinski definition) is 1. The summed E-state index contributed by atoms with van der Waals surface area (Å²) in [6.07, 6.45) is -1.46. The molecule has 0 saturated heterocycles. The van der Waals surface area contributed by atoms with Crippen molar-refractivity contribution < 1.29 is 19.7 Å². The fourth-order valence-electron chi connectivity index (χ4n) is 1.98. The van der Waals surface area contributed by atoms with Gasteiger partial charge in [0.05, 0.1) is 18.0 Å². The summed E-state index contributed by atoms with van der Waals surface area (Å²) >= 11 is 3.08. The van der Waals surface area contributed by atoms with E-state index in [-0.39, 0.29) is 30.0 Å². The number of ether oxygens (including phenoxy) is 1. The Morgan fingerprint density at radius 3 is 2.63 bits per heavy atom. The van der Waals surface area contributed by atoms with Gasteiger partial charge in [-0.05, 0) is 6.07 Å². The first-order chi connectivity index (χ1) is 8.91. The molecule has 0 saturated carbocycles. The Labute approximate surface area is 115 Å². The minimum atomic E-state index is -1.44. The Morgan fingerprint density at radius 2 is 2.05 bits per heavy atom. The van der Waals surface area contributed by atoms with Crippen molar-refractivity contribution in [2.45, 2.75) is 18.6 Å². The third kappa shape index (κ3) is 2.51. The average Bonchev–Trinajstić information content (AvgIpc) is 2.48. The minimum Gasteiger partial charge on any atom is -0.486 e. The van der Waals surface area contributed by atoms with Gasteiger partial charge in [0.2, 0.25) is 11.8 Å². The number of fused-ring (bicyclic) bond motifs is 1. The zero-order valence-electron chi connectivity index (χ0n) is 9.48. The molecule has 0 spiro atoms. The van der Waals surface area contributed by atoms with E-state index in [1.165, 1.54) is 12.1 Å². The average molecular weight is 333 g/mol. The molecule has 8 nitrogen and oxygen atoms in total. The first-order valence-corrected chi connectivity index (χ1v) is 6.13. The molecule has 0 amide bonds. The molecule has 2 unspecified atom stereocenters. The standard InChI is InChI=1S/C10H9BrN2O6/c11-5-3-6-9(14)7(12(15)16)1-2-19-10(6)8(4-5)13(17)18/h3-4,7,9,14H,1-2H2. The third-order valence-corrected chi connectivity index (χ3v) is 3.33. The fourth-order valence-corrected chi connectivity index (χ4v) is 2.44. The maximum Gasteiger partial charge on any atom is 0.312 e. The molecule has 1 aliphatic rings. The molecule has 0 radical (unpaired) electrons. The van der Waals surface area contributed by atoms with Crippen LogP contribution in [0.4, 0.5) is 5.69 Å². The molecule has 0 aromatic heterocycles. The second kappa shape index (κ2) is 5.10. The monoisotopic (exact) mass is 332 g/mol. The topological polar surface area (TPSA) is 116 Å². The summed E-state index contributed by atoms with van der Waals surface area (Å²) in [5, 5.41) is 31.9. The zero-order chi connectivity index (χ0) is 14.2. The summed E-state index contributed by atoms with van der Waals surface area (Å²) in [4.78, 5) is 20.6. The van der Waals surface area contributed by atoms with Crippen LogP contribution in [0.15, 0.2) is 16.6 Å². The van der Waals surface area contributed by atoms with Crippen LogP contribution in [0.5, 0.6) is 5.75 Å². The number of hydrogen-bond acceptors (Lipinski definition) is 6. The molecule has 2 rings (SSSR count). The van der Waals surface area contributed by atoms with Gasteiger partial charge in [0.1, 0.15) is 0 Å². The molecule has 1 heterocycles. The largest absolute Gasteiger partial charge is 0.486 e. The highest BCUT2D eigenvalue weighted by atomic mass is 79.9. The van der Waals surface area contributed by atoms with E-state index < -0.39 is 22.0 Å². The van der Waals surface area contributed by atoms with Crippen molar-refractivity contribution in [2.75, 3.05) is 6.61 Å². The first-order valence-electron chi connectivity index (χ1n) is 5.34. The fraction of sp³-hybridized carbons (Fsp3) is 0.400. The lowest BCUT2D eigenvalue weighted by molar-refractivity contribution is -0.536. The molecule has 0 aliphatic carbocycles. The Kier molecular flexibility index (Phi) is 3.67. The van der Waals surface area contributed by atoms with Crippen LogP contribution in [0, 0.1) is 20.2 Å². The smallest absolute Gasteiger partial charge is 0.312 e. The van der Waals surface area contributed by atoms with E-state index in [0.29, 0.717) is 4.47 Å². The number of aliphatic hydroxyl groups excluding tert-OH is 1. The summed E-state index contributed by atoms with van der Waals surface area (Å²) in [7, 11) is 0. The van der Waals surface area contributed by atoms with Gasteiger partial charge >= 0.3 is 5.69 Å². The number of nitrogens with zero attached hydrogens (tertiary/aromatic N) is 2. The maximum atomic E-state index is 10.9. The van der Waals surface area contributed by atoms with Crippen molar-refractivity contribution in [2.24, 2.45) is 0 Å². The van der Waals surface area contributed by atoms with E-state index in [2.05, 4.69) is 15.9 Å². The van der Waals surface area contributed by atoms with Crippen LogP contribution in [-0.4, -0.2) is 27.6 Å². The van der Waals surface area contributed by atoms with E-state index in [0.717, 1.165) is 0 Å². The van der Waals surface area contributed by atoms with Crippen LogP contribution in [0.3, 0.4) is 0 Å². The quantitative estimate of drug-likeness (QED) is 0.652. The maximum absolute atomic E-state index is 10.9. The molecule has 0 bridgehead atoms. The highest BCUT2D eigenvalue weighted by molar-refractivity contribution is 9.10. The van der Waals surface area contributed by atoms with Crippen molar-refractivity contribution in [3.63, 3.8) is 0 Å². The number of nitro groups is 2. The lowest BCUT2D eigenvalue weighted by Gasteiger charge is -2.14. The van der Waals surface area contributed by atoms with Gasteiger partial charge in [0.25, 0.3) is 0 Å². The normalized spacial score (nSPS) is 22.0. The Bertz CT molecular complexity index is 549. The molecular formula is C10H9BrN2O6. The lowest BCUT2D eigenvalue weighted by atomic mass is 10.0. The van der Waals surface area contributed by atoms with Gasteiger partial charge in [0, 0.05) is 21.0 Å². The predicted octanol–water partition coefficient (Wildman–Crippen LogP) is 1.82. The van der Waals surface area contributed by atoms with Crippen LogP contribution < -0.4 is 4.74 Å². The van der Waals surface area contributed by atoms with E-state index in [1.54, 1.807) is 0 Å². The van der Waals surface area contributed by atoms with Crippen molar-refractivity contribution in [1.29, 1.82) is 0 Å². The van der Waals surface area contributed by atoms with E-state index in [1.807, 2.05) is 0 Å². The summed E-state index contributed by atoms with van der Waals surface area (Å²) in [6, 6.07) is 1.39. The van der Waals surface area contributed by atoms with Crippen LogP contribution >= 0.6 is 15.9 Å². The highest BCUT2D eigenvalue weighted by Gasteiger charge is 2.38. The molecular weight excluding hydrogens is 324 g/mol. The zero-order valence-corrected chi connectivity index (χ0v) is 11.1. The van der Waals surface area contributed by atoms with E-state index in [4.69, 9.17) is 4.74 Å². The van der Waals surface area contributed by atoms with Crippen LogP contribution in [0.2, 0.25) is 0 Å². The molecule has 102 valence electrons. The summed E-state index contributed by atoms with van der Waals surface area (Å²) in [5.41, 5.74) is -0.271. The number of benzene rings is 1. The molecule has 1 aliphatic heterocycles. The molecule has 19 heavy (non-hydrogen) atoms. The van der Waals surface area contributed by atoms with E-state index in [9.17, 15) is 25.3 Å². The number of nitro benzene ring substituents is 1. The molecule has 1 aromatic rings. The SMILES string of the molecule is O=[N+]([O-])c1cc(Br)cc2c1OCCC([N+](=O)[O-])C2O. The van der Waals surface area contributed by atoms with Gasteiger partial charge in [-0.3, -0.25) is 20.2 Å². The van der Waals surface area contributed by atoms with Gasteiger partial charge in [-0.2, -0.15) is 0 Å². The Balaban J connectivity index is 2.59. The van der Waals surface area contributed by atoms with Crippen molar-refractivity contribution >= 4 is 21.6 Å². The molecule has 2 atom stereocenters. The van der Waals surface area contributed by atoms with E-state index >= 15 is 0 Å². The second-order valence-corrected chi connectivity index (χ2v) is 4.95. The minimum absolute atomic E-state index is 0.0162. The molecule has 9 heteroatoms. The lowest BCUT2D eigenvalue weighted by Crippen LogP contribution is -2.27. The van der Waals surface area contributed by atoms with Crippen molar-refractivity contribution in [3.8, 4) is 5.75 Å². The summed E-state index contributed by atoms with van der Waals surface area (Å²) in [6.45, 7) is -0.0574. The van der Waals surface area contributed by atoms with Gasteiger partial charge in [-0.1, -0.05) is 15.9 Å². The number of halogens is 1. The Hall–Kier alpha value is -1.74. The van der Waals surface area contributed by atoms with Gasteiger partial charge in [0.15, 0.2) is 6.10 Å². The van der Waals surface area contributed by atoms with Crippen LogP contribution in [0.25, 0.3) is 0 Å². The summed E-state index contributed by atoms with van der Waals surface area (Å²) in [5.74, 6) is -0.106. The van der Waals surface area contributed by atoms with Gasteiger partial charge < -0.3 is 9.84 Å². The Morgan fingerprint density at radius 1 is 1.37 bits per heavy atom. The summed E-state index contributed by atoms with van der Waals surface area (Å²) < 4.78 is 5.57. The second-order valence-electron chi connectivity index (χ2n) is 4.04. The first kappa shape index (κ1) is 13.7. The number of rotatable bonds is 2. The number of aliphatic hydroxyl groups is 1. The third-order valence-electron chi connectivity index (χ3n) is 2.87. The van der Waals surface area contributed by atoms with Gasteiger partial charge in [-0.15, -0.1) is 0 Å². The van der Waals surface area contributed by atoms with Crippen molar-refractivity contribution in [3.05, 3.63) is 42.4 Å². The molecule has 1 N–H and O–H groups in total. The van der Waals surface area contributed by atoms with Gasteiger partial charge in [-0.25, -0.2) is 0 Å². The van der Waals surface area contributed by atoms with Crippen LogP contribution in [-0.2, 0) is 0 Å². The van der Waals surface area contributed by atoms with Crippen LogP contribution in [0.1, 0.15) is 18.1 Å².